The van der Waals surface area contributed by atoms with Crippen molar-refractivity contribution in [2.45, 2.75) is 13.5 Å². The van der Waals surface area contributed by atoms with E-state index in [-0.39, 0.29) is 18.0 Å². The number of aromatic nitrogens is 4. The van der Waals surface area contributed by atoms with Crippen LogP contribution in [0.5, 0.6) is 0 Å². The lowest BCUT2D eigenvalue weighted by Crippen LogP contribution is -2.27. The van der Waals surface area contributed by atoms with Gasteiger partial charge in [-0.1, -0.05) is 5.16 Å². The Hall–Kier alpha value is -2.71. The van der Waals surface area contributed by atoms with Crippen molar-refractivity contribution in [1.29, 1.82) is 0 Å². The summed E-state index contributed by atoms with van der Waals surface area (Å²) in [5.41, 5.74) is -0.0767. The van der Waals surface area contributed by atoms with Crippen LogP contribution < -0.4 is 0 Å². The maximum Gasteiger partial charge on any atom is 0.374 e. The summed E-state index contributed by atoms with van der Waals surface area (Å²) in [5.74, 6) is -1.04. The maximum atomic E-state index is 11.9. The number of nitrogens with one attached hydrogen (secondary N) is 1. The molecule has 0 aliphatic carbocycles. The van der Waals surface area contributed by atoms with Gasteiger partial charge in [-0.2, -0.15) is 5.10 Å². The first kappa shape index (κ1) is 12.7. The van der Waals surface area contributed by atoms with Gasteiger partial charge in [0.25, 0.3) is 5.91 Å². The van der Waals surface area contributed by atoms with Crippen LogP contribution in [0.4, 0.5) is 0 Å². The highest BCUT2D eigenvalue weighted by Crippen LogP contribution is 2.08. The van der Waals surface area contributed by atoms with Crippen LogP contribution in [0, 0.1) is 6.92 Å². The monoisotopic (exact) mass is 265 g/mol. The lowest BCUT2D eigenvalue weighted by atomic mass is 10.3. The smallest absolute Gasteiger partial charge is 0.374 e. The predicted octanol–water partition coefficient (Wildman–Crippen LogP) is 0.0715. The highest BCUT2D eigenvalue weighted by molar-refractivity contribution is 5.94. The summed E-state index contributed by atoms with van der Waals surface area (Å²) in [4.78, 5) is 27.9. The molecule has 9 heteroatoms. The minimum Gasteiger partial charge on any atom is -0.475 e. The largest absolute Gasteiger partial charge is 0.475 e. The van der Waals surface area contributed by atoms with E-state index in [0.717, 1.165) is 6.07 Å². The Morgan fingerprint density at radius 2 is 2.26 bits per heavy atom. The van der Waals surface area contributed by atoms with Gasteiger partial charge in [-0.25, -0.2) is 9.78 Å². The number of rotatable bonds is 4. The molecule has 0 spiro atoms. The van der Waals surface area contributed by atoms with Crippen molar-refractivity contribution in [3.05, 3.63) is 29.2 Å². The number of carbonyl (C=O) groups is 2. The van der Waals surface area contributed by atoms with Crippen molar-refractivity contribution in [1.82, 2.24) is 25.2 Å². The summed E-state index contributed by atoms with van der Waals surface area (Å²) >= 11 is 0. The molecule has 0 aliphatic heterocycles. The van der Waals surface area contributed by atoms with E-state index in [2.05, 4.69) is 24.9 Å². The van der Waals surface area contributed by atoms with Crippen LogP contribution in [0.25, 0.3) is 0 Å². The Morgan fingerprint density at radius 3 is 2.79 bits per heavy atom. The molecule has 19 heavy (non-hydrogen) atoms. The van der Waals surface area contributed by atoms with Gasteiger partial charge in [0.2, 0.25) is 5.76 Å². The summed E-state index contributed by atoms with van der Waals surface area (Å²) in [6.07, 6.45) is 0. The molecule has 2 rings (SSSR count). The van der Waals surface area contributed by atoms with E-state index in [1.165, 1.54) is 11.9 Å². The molecule has 0 saturated carbocycles. The number of H-pyrrole nitrogens is 1. The lowest BCUT2D eigenvalue weighted by molar-refractivity contribution is 0.0649. The zero-order valence-corrected chi connectivity index (χ0v) is 10.2. The predicted molar refractivity (Wildman–Crippen MR) is 60.4 cm³/mol. The molecule has 0 unspecified atom stereocenters. The number of amides is 1. The summed E-state index contributed by atoms with van der Waals surface area (Å²) in [5, 5.41) is 18.6. The van der Waals surface area contributed by atoms with Gasteiger partial charge in [0.1, 0.15) is 5.82 Å². The van der Waals surface area contributed by atoms with Crippen molar-refractivity contribution in [3.8, 4) is 0 Å². The molecule has 0 aliphatic rings. The van der Waals surface area contributed by atoms with Crippen LogP contribution in [0.15, 0.2) is 10.6 Å². The topological polar surface area (TPSA) is 125 Å². The van der Waals surface area contributed by atoms with Crippen molar-refractivity contribution >= 4 is 11.9 Å². The van der Waals surface area contributed by atoms with Crippen molar-refractivity contribution in [2.75, 3.05) is 7.05 Å². The molecule has 0 radical (unpaired) electrons. The number of carbonyl (C=O) groups excluding carboxylic acids is 1. The van der Waals surface area contributed by atoms with Crippen molar-refractivity contribution in [2.24, 2.45) is 0 Å². The van der Waals surface area contributed by atoms with Crippen LogP contribution in [0.1, 0.15) is 32.7 Å². The van der Waals surface area contributed by atoms with Gasteiger partial charge in [-0.05, 0) is 6.92 Å². The van der Waals surface area contributed by atoms with E-state index in [9.17, 15) is 9.59 Å². The van der Waals surface area contributed by atoms with E-state index in [0.29, 0.717) is 11.6 Å². The first-order valence-corrected chi connectivity index (χ1v) is 5.30. The highest BCUT2D eigenvalue weighted by atomic mass is 16.5. The standard InChI is InChI=1S/C10H11N5O4/c1-5-11-8(13-12-5)4-15(2)9(16)6-3-7(10(17)18)19-14-6/h3H,4H2,1-2H3,(H,17,18)(H,11,12,13). The molecular formula is C10H11N5O4. The molecule has 2 aromatic rings. The Morgan fingerprint density at radius 1 is 1.53 bits per heavy atom. The molecule has 2 heterocycles. The normalized spacial score (nSPS) is 10.4. The maximum absolute atomic E-state index is 11.9. The molecule has 0 saturated heterocycles. The molecule has 100 valence electrons. The van der Waals surface area contributed by atoms with Gasteiger partial charge in [0.05, 0.1) is 6.54 Å². The van der Waals surface area contributed by atoms with E-state index in [1.54, 1.807) is 6.92 Å². The number of aromatic carboxylic acids is 1. The van der Waals surface area contributed by atoms with Crippen LogP contribution >= 0.6 is 0 Å². The SMILES string of the molecule is Cc1nc(CN(C)C(=O)c2cc(C(=O)O)on2)n[nH]1. The fourth-order valence-electron chi connectivity index (χ4n) is 1.42. The van der Waals surface area contributed by atoms with Crippen LogP contribution in [-0.2, 0) is 6.54 Å². The minimum absolute atomic E-state index is 0.0767. The number of carboxylic acid groups (broad SMARTS) is 1. The molecule has 0 fully saturated rings. The first-order chi connectivity index (χ1) is 8.97. The number of aromatic amines is 1. The molecule has 2 N–H and O–H groups in total. The van der Waals surface area contributed by atoms with Gasteiger partial charge < -0.3 is 14.5 Å². The molecule has 1 amide bonds. The zero-order chi connectivity index (χ0) is 14.0. The summed E-state index contributed by atoms with van der Waals surface area (Å²) in [7, 11) is 1.53. The second-order valence-corrected chi connectivity index (χ2v) is 3.88. The van der Waals surface area contributed by atoms with Gasteiger partial charge >= 0.3 is 5.97 Å². The molecule has 0 aromatic carbocycles. The average Bonchev–Trinajstić information content (AvgIpc) is 2.97. The molecule has 9 nitrogen and oxygen atoms in total. The fraction of sp³-hybridized carbons (Fsp3) is 0.300. The van der Waals surface area contributed by atoms with E-state index in [4.69, 9.17) is 5.11 Å². The second kappa shape index (κ2) is 4.88. The van der Waals surface area contributed by atoms with E-state index >= 15 is 0 Å². The third kappa shape index (κ3) is 2.76. The Kier molecular flexibility index (Phi) is 3.27. The van der Waals surface area contributed by atoms with Gasteiger partial charge in [-0.15, -0.1) is 0 Å². The zero-order valence-electron chi connectivity index (χ0n) is 10.2. The average molecular weight is 265 g/mol. The van der Waals surface area contributed by atoms with Crippen LogP contribution in [-0.4, -0.2) is 49.3 Å². The summed E-state index contributed by atoms with van der Waals surface area (Å²) in [6.45, 7) is 1.92. The number of carboxylic acids is 1. The van der Waals surface area contributed by atoms with Gasteiger partial charge in [-0.3, -0.25) is 9.89 Å². The fourth-order valence-corrected chi connectivity index (χ4v) is 1.42. The van der Waals surface area contributed by atoms with Crippen LogP contribution in [0.3, 0.4) is 0 Å². The summed E-state index contributed by atoms with van der Waals surface area (Å²) in [6, 6.07) is 1.07. The van der Waals surface area contributed by atoms with Gasteiger partial charge in [0.15, 0.2) is 11.5 Å². The highest BCUT2D eigenvalue weighted by Gasteiger charge is 2.20. The third-order valence-electron chi connectivity index (χ3n) is 2.31. The number of nitrogens with zero attached hydrogens (tertiary/aromatic N) is 4. The van der Waals surface area contributed by atoms with Crippen molar-refractivity contribution in [3.63, 3.8) is 0 Å². The molecule has 0 bridgehead atoms. The Bertz CT molecular complexity index is 617. The first-order valence-electron chi connectivity index (χ1n) is 5.30. The number of aryl methyl sites for hydroxylation is 1. The molecular weight excluding hydrogens is 254 g/mol. The summed E-state index contributed by atoms with van der Waals surface area (Å²) < 4.78 is 4.52. The Balaban J connectivity index is 2.07. The molecule has 0 atom stereocenters. The quantitative estimate of drug-likeness (QED) is 0.801. The van der Waals surface area contributed by atoms with E-state index < -0.39 is 11.9 Å². The van der Waals surface area contributed by atoms with Crippen LogP contribution in [0.2, 0.25) is 0 Å². The third-order valence-corrected chi connectivity index (χ3v) is 2.31. The lowest BCUT2D eigenvalue weighted by Gasteiger charge is -2.12. The Labute approximate surface area is 107 Å². The number of hydrogen-bond donors (Lipinski definition) is 2. The minimum atomic E-state index is -1.28. The van der Waals surface area contributed by atoms with Crippen molar-refractivity contribution < 1.29 is 19.2 Å². The van der Waals surface area contributed by atoms with E-state index in [1.807, 2.05) is 0 Å². The molecule has 2 aromatic heterocycles. The second-order valence-electron chi connectivity index (χ2n) is 3.88. The number of hydrogen-bond acceptors (Lipinski definition) is 6. The van der Waals surface area contributed by atoms with Gasteiger partial charge in [0, 0.05) is 13.1 Å².